The fourth-order valence-corrected chi connectivity index (χ4v) is 1.96. The van der Waals surface area contributed by atoms with Crippen molar-refractivity contribution in [3.05, 3.63) is 40.5 Å². The van der Waals surface area contributed by atoms with Crippen LogP contribution in [0.4, 0.5) is 0 Å². The Kier molecular flexibility index (Phi) is 4.43. The number of aromatic nitrogens is 2. The summed E-state index contributed by atoms with van der Waals surface area (Å²) in [5, 5.41) is 9.89. The van der Waals surface area contributed by atoms with Gasteiger partial charge < -0.3 is 9.84 Å². The fourth-order valence-electron chi connectivity index (χ4n) is 1.83. The van der Waals surface area contributed by atoms with Gasteiger partial charge in [-0.2, -0.15) is 4.98 Å². The molecule has 110 valence electrons. The standard InChI is InChI=1S/C15H15ClN2O3/c1-8(2)21-14-12(15(19)20)9(3)17-13(18-14)10-4-6-11(16)7-5-10/h4-8H,1-3H3,(H,19,20). The molecular weight excluding hydrogens is 292 g/mol. The van der Waals surface area contributed by atoms with E-state index in [9.17, 15) is 9.90 Å². The topological polar surface area (TPSA) is 72.3 Å². The Labute approximate surface area is 127 Å². The lowest BCUT2D eigenvalue weighted by Crippen LogP contribution is -2.14. The first kappa shape index (κ1) is 15.3. The maximum atomic E-state index is 11.3. The molecule has 0 aliphatic carbocycles. The van der Waals surface area contributed by atoms with Gasteiger partial charge in [0, 0.05) is 10.6 Å². The van der Waals surface area contributed by atoms with Crippen molar-refractivity contribution >= 4 is 17.6 Å². The van der Waals surface area contributed by atoms with E-state index < -0.39 is 5.97 Å². The quantitative estimate of drug-likeness (QED) is 0.934. The molecule has 1 aromatic heterocycles. The van der Waals surface area contributed by atoms with E-state index in [1.807, 2.05) is 13.8 Å². The fraction of sp³-hybridized carbons (Fsp3) is 0.267. The van der Waals surface area contributed by atoms with Gasteiger partial charge in [0.05, 0.1) is 11.8 Å². The van der Waals surface area contributed by atoms with Crippen molar-refractivity contribution in [3.63, 3.8) is 0 Å². The van der Waals surface area contributed by atoms with E-state index in [0.717, 1.165) is 5.56 Å². The first-order valence-electron chi connectivity index (χ1n) is 6.43. The summed E-state index contributed by atoms with van der Waals surface area (Å²) in [6.45, 7) is 5.24. The maximum Gasteiger partial charge on any atom is 0.343 e. The number of halogens is 1. The molecule has 1 aromatic carbocycles. The van der Waals surface area contributed by atoms with Crippen molar-refractivity contribution in [2.75, 3.05) is 0 Å². The molecule has 2 rings (SSSR count). The van der Waals surface area contributed by atoms with Crippen LogP contribution in [0.5, 0.6) is 5.88 Å². The lowest BCUT2D eigenvalue weighted by Gasteiger charge is -2.14. The molecule has 5 nitrogen and oxygen atoms in total. The van der Waals surface area contributed by atoms with E-state index in [-0.39, 0.29) is 17.5 Å². The second kappa shape index (κ2) is 6.10. The van der Waals surface area contributed by atoms with Crippen molar-refractivity contribution in [1.82, 2.24) is 9.97 Å². The Morgan fingerprint density at radius 2 is 1.86 bits per heavy atom. The second-order valence-electron chi connectivity index (χ2n) is 4.79. The molecule has 1 N–H and O–H groups in total. The molecule has 0 atom stereocenters. The van der Waals surface area contributed by atoms with Gasteiger partial charge in [-0.1, -0.05) is 11.6 Å². The number of carbonyl (C=O) groups is 1. The van der Waals surface area contributed by atoms with Gasteiger partial charge in [-0.15, -0.1) is 0 Å². The van der Waals surface area contributed by atoms with Crippen LogP contribution >= 0.6 is 11.6 Å². The Balaban J connectivity index is 2.56. The number of ether oxygens (including phenoxy) is 1. The molecular formula is C15H15ClN2O3. The summed E-state index contributed by atoms with van der Waals surface area (Å²) in [6.07, 6.45) is -0.185. The minimum atomic E-state index is -1.11. The normalized spacial score (nSPS) is 10.7. The van der Waals surface area contributed by atoms with Gasteiger partial charge in [-0.05, 0) is 45.0 Å². The number of carboxylic acids is 1. The highest BCUT2D eigenvalue weighted by molar-refractivity contribution is 6.30. The molecule has 0 bridgehead atoms. The molecule has 0 saturated heterocycles. The molecule has 1 heterocycles. The van der Waals surface area contributed by atoms with Crippen molar-refractivity contribution < 1.29 is 14.6 Å². The zero-order valence-electron chi connectivity index (χ0n) is 11.9. The van der Waals surface area contributed by atoms with Gasteiger partial charge >= 0.3 is 5.97 Å². The van der Waals surface area contributed by atoms with Gasteiger partial charge in [-0.3, -0.25) is 0 Å². The summed E-state index contributed by atoms with van der Waals surface area (Å²) in [4.78, 5) is 19.8. The van der Waals surface area contributed by atoms with Crippen molar-refractivity contribution in [2.24, 2.45) is 0 Å². The summed E-state index contributed by atoms with van der Waals surface area (Å²) >= 11 is 5.85. The number of benzene rings is 1. The summed E-state index contributed by atoms with van der Waals surface area (Å²) in [5.41, 5.74) is 1.09. The van der Waals surface area contributed by atoms with E-state index >= 15 is 0 Å². The summed E-state index contributed by atoms with van der Waals surface area (Å²) in [7, 11) is 0. The van der Waals surface area contributed by atoms with Crippen LogP contribution in [-0.2, 0) is 0 Å². The van der Waals surface area contributed by atoms with Gasteiger partial charge in [-0.25, -0.2) is 9.78 Å². The van der Waals surface area contributed by atoms with Gasteiger partial charge in [0.2, 0.25) is 5.88 Å². The SMILES string of the molecule is Cc1nc(-c2ccc(Cl)cc2)nc(OC(C)C)c1C(=O)O. The van der Waals surface area contributed by atoms with Crippen LogP contribution in [0.25, 0.3) is 11.4 Å². The van der Waals surface area contributed by atoms with Crippen LogP contribution in [0.3, 0.4) is 0 Å². The minimum Gasteiger partial charge on any atom is -0.477 e. The number of aryl methyl sites for hydroxylation is 1. The van der Waals surface area contributed by atoms with Crippen LogP contribution in [0.1, 0.15) is 29.9 Å². The Morgan fingerprint density at radius 1 is 1.24 bits per heavy atom. The number of nitrogens with zero attached hydrogens (tertiary/aromatic N) is 2. The van der Waals surface area contributed by atoms with Crippen molar-refractivity contribution in [1.29, 1.82) is 0 Å². The summed E-state index contributed by atoms with van der Waals surface area (Å²) < 4.78 is 5.52. The third kappa shape index (κ3) is 3.49. The lowest BCUT2D eigenvalue weighted by atomic mass is 10.2. The van der Waals surface area contributed by atoms with Crippen molar-refractivity contribution in [3.8, 4) is 17.3 Å². The van der Waals surface area contributed by atoms with Gasteiger partial charge in [0.15, 0.2) is 5.82 Å². The molecule has 0 amide bonds. The molecule has 21 heavy (non-hydrogen) atoms. The molecule has 0 aliphatic rings. The second-order valence-corrected chi connectivity index (χ2v) is 5.23. The summed E-state index contributed by atoms with van der Waals surface area (Å²) in [6, 6.07) is 7.00. The first-order valence-corrected chi connectivity index (χ1v) is 6.80. The highest BCUT2D eigenvalue weighted by Gasteiger charge is 2.20. The Morgan fingerprint density at radius 3 is 2.38 bits per heavy atom. The number of rotatable bonds is 4. The Bertz CT molecular complexity index is 669. The third-order valence-electron chi connectivity index (χ3n) is 2.72. The number of hydrogen-bond acceptors (Lipinski definition) is 4. The molecule has 0 aliphatic heterocycles. The monoisotopic (exact) mass is 306 g/mol. The molecule has 0 unspecified atom stereocenters. The Hall–Kier alpha value is -2.14. The van der Waals surface area contributed by atoms with E-state index in [0.29, 0.717) is 16.5 Å². The van der Waals surface area contributed by atoms with E-state index in [4.69, 9.17) is 16.3 Å². The molecule has 0 radical (unpaired) electrons. The molecule has 6 heteroatoms. The predicted molar refractivity (Wildman–Crippen MR) is 79.9 cm³/mol. The van der Waals surface area contributed by atoms with Crippen molar-refractivity contribution in [2.45, 2.75) is 26.9 Å². The smallest absolute Gasteiger partial charge is 0.343 e. The average molecular weight is 307 g/mol. The molecule has 2 aromatic rings. The van der Waals surface area contributed by atoms with Crippen LogP contribution in [0, 0.1) is 6.92 Å². The summed E-state index contributed by atoms with van der Waals surface area (Å²) in [5.74, 6) is -0.620. The lowest BCUT2D eigenvalue weighted by molar-refractivity contribution is 0.0687. The van der Waals surface area contributed by atoms with E-state index in [2.05, 4.69) is 9.97 Å². The highest BCUT2D eigenvalue weighted by atomic mass is 35.5. The van der Waals surface area contributed by atoms with E-state index in [1.165, 1.54) is 0 Å². The van der Waals surface area contributed by atoms with Crippen LogP contribution < -0.4 is 4.74 Å². The predicted octanol–water partition coefficient (Wildman–Crippen LogP) is 3.59. The zero-order chi connectivity index (χ0) is 15.6. The average Bonchev–Trinajstić information content (AvgIpc) is 2.37. The highest BCUT2D eigenvalue weighted by Crippen LogP contribution is 2.25. The number of aromatic carboxylic acids is 1. The largest absolute Gasteiger partial charge is 0.477 e. The van der Waals surface area contributed by atoms with Gasteiger partial charge in [0.25, 0.3) is 0 Å². The zero-order valence-corrected chi connectivity index (χ0v) is 12.7. The molecule has 0 spiro atoms. The maximum absolute atomic E-state index is 11.3. The van der Waals surface area contributed by atoms with Crippen LogP contribution in [0.2, 0.25) is 5.02 Å². The third-order valence-corrected chi connectivity index (χ3v) is 2.97. The number of carboxylic acid groups (broad SMARTS) is 1. The molecule has 0 fully saturated rings. The van der Waals surface area contributed by atoms with Gasteiger partial charge in [0.1, 0.15) is 5.56 Å². The number of hydrogen-bond donors (Lipinski definition) is 1. The minimum absolute atomic E-state index is 0.0126. The first-order chi connectivity index (χ1) is 9.88. The van der Waals surface area contributed by atoms with Crippen LogP contribution in [0.15, 0.2) is 24.3 Å². The van der Waals surface area contributed by atoms with E-state index in [1.54, 1.807) is 31.2 Å². The molecule has 0 saturated carbocycles. The van der Waals surface area contributed by atoms with Crippen LogP contribution in [-0.4, -0.2) is 27.1 Å².